The fraction of sp³-hybridized carbons (Fsp3) is 0.538. The third-order valence-corrected chi connectivity index (χ3v) is 5.98. The van der Waals surface area contributed by atoms with E-state index in [1.165, 1.54) is 13.2 Å². The highest BCUT2D eigenvalue weighted by atomic mass is 79.9. The van der Waals surface area contributed by atoms with Crippen LogP contribution in [0.5, 0.6) is 5.75 Å². The molecule has 112 valence electrons. The van der Waals surface area contributed by atoms with Crippen molar-refractivity contribution in [1.29, 1.82) is 0 Å². The maximum atomic E-state index is 12.5. The van der Waals surface area contributed by atoms with Crippen molar-refractivity contribution in [2.75, 3.05) is 13.7 Å². The molecule has 0 saturated carbocycles. The number of benzene rings is 1. The highest BCUT2D eigenvalue weighted by Crippen LogP contribution is 2.27. The largest absolute Gasteiger partial charge is 0.497 e. The number of rotatable bonds is 4. The summed E-state index contributed by atoms with van der Waals surface area (Å²) >= 11 is 3.29. The van der Waals surface area contributed by atoms with E-state index in [9.17, 15) is 8.42 Å². The molecular formula is C13H19BrN2O3S. The lowest BCUT2D eigenvalue weighted by molar-refractivity contribution is 0.348. The maximum absolute atomic E-state index is 12.5. The average Bonchev–Trinajstić information content (AvgIpc) is 2.41. The molecule has 20 heavy (non-hydrogen) atoms. The second-order valence-corrected chi connectivity index (χ2v) is 7.45. The van der Waals surface area contributed by atoms with Gasteiger partial charge in [-0.1, -0.05) is 0 Å². The molecule has 7 heteroatoms. The molecule has 1 saturated heterocycles. The number of nitrogens with one attached hydrogen (secondary N) is 2. The van der Waals surface area contributed by atoms with Crippen LogP contribution < -0.4 is 14.8 Å². The second kappa shape index (κ2) is 6.43. The summed E-state index contributed by atoms with van der Waals surface area (Å²) in [6.45, 7) is 2.93. The molecule has 2 rings (SSSR count). The van der Waals surface area contributed by atoms with Crippen LogP contribution in [0.1, 0.15) is 19.8 Å². The SMILES string of the molecule is COc1ccc(Br)c(S(=O)(=O)NC2CCCNC2C)c1. The van der Waals surface area contributed by atoms with E-state index >= 15 is 0 Å². The first kappa shape index (κ1) is 15.8. The van der Waals surface area contributed by atoms with E-state index in [4.69, 9.17) is 4.74 Å². The Labute approximate surface area is 128 Å². The van der Waals surface area contributed by atoms with Gasteiger partial charge < -0.3 is 10.1 Å². The minimum Gasteiger partial charge on any atom is -0.497 e. The molecule has 5 nitrogen and oxygen atoms in total. The van der Waals surface area contributed by atoms with E-state index < -0.39 is 10.0 Å². The molecule has 1 aliphatic heterocycles. The molecule has 1 aromatic rings. The second-order valence-electron chi connectivity index (χ2n) is 4.91. The van der Waals surface area contributed by atoms with Gasteiger partial charge in [-0.2, -0.15) is 0 Å². The summed E-state index contributed by atoms with van der Waals surface area (Å²) in [5, 5.41) is 3.28. The maximum Gasteiger partial charge on any atom is 0.242 e. The smallest absolute Gasteiger partial charge is 0.242 e. The van der Waals surface area contributed by atoms with Gasteiger partial charge in [0.2, 0.25) is 10.0 Å². The first-order valence-electron chi connectivity index (χ1n) is 6.53. The van der Waals surface area contributed by atoms with Crippen LogP contribution in [-0.4, -0.2) is 34.2 Å². The molecular weight excluding hydrogens is 344 g/mol. The Kier molecular flexibility index (Phi) is 5.06. The summed E-state index contributed by atoms with van der Waals surface area (Å²) < 4.78 is 33.4. The van der Waals surface area contributed by atoms with E-state index in [1.807, 2.05) is 6.92 Å². The highest BCUT2D eigenvalue weighted by molar-refractivity contribution is 9.10. The van der Waals surface area contributed by atoms with E-state index in [-0.39, 0.29) is 17.0 Å². The van der Waals surface area contributed by atoms with Crippen molar-refractivity contribution < 1.29 is 13.2 Å². The Balaban J connectivity index is 2.25. The normalized spacial score (nSPS) is 23.6. The van der Waals surface area contributed by atoms with Crippen LogP contribution in [0.25, 0.3) is 0 Å². The lowest BCUT2D eigenvalue weighted by atomic mass is 10.0. The quantitative estimate of drug-likeness (QED) is 0.857. The zero-order chi connectivity index (χ0) is 14.8. The van der Waals surface area contributed by atoms with Crippen molar-refractivity contribution in [3.8, 4) is 5.75 Å². The molecule has 0 bridgehead atoms. The van der Waals surface area contributed by atoms with E-state index in [0.29, 0.717) is 10.2 Å². The van der Waals surface area contributed by atoms with Gasteiger partial charge in [-0.25, -0.2) is 13.1 Å². The summed E-state index contributed by atoms with van der Waals surface area (Å²) in [6.07, 6.45) is 1.81. The van der Waals surface area contributed by atoms with Crippen molar-refractivity contribution >= 4 is 26.0 Å². The number of sulfonamides is 1. The van der Waals surface area contributed by atoms with Gasteiger partial charge in [-0.15, -0.1) is 0 Å². The summed E-state index contributed by atoms with van der Waals surface area (Å²) in [5.74, 6) is 0.517. The van der Waals surface area contributed by atoms with Gasteiger partial charge in [-0.3, -0.25) is 0 Å². The number of hydrogen-bond acceptors (Lipinski definition) is 4. The molecule has 1 fully saturated rings. The van der Waals surface area contributed by atoms with Crippen LogP contribution in [0.4, 0.5) is 0 Å². The molecule has 0 spiro atoms. The lowest BCUT2D eigenvalue weighted by Crippen LogP contribution is -2.51. The zero-order valence-corrected chi connectivity index (χ0v) is 13.9. The van der Waals surface area contributed by atoms with E-state index in [2.05, 4.69) is 26.0 Å². The summed E-state index contributed by atoms with van der Waals surface area (Å²) in [5.41, 5.74) is 0. The van der Waals surface area contributed by atoms with Crippen molar-refractivity contribution in [1.82, 2.24) is 10.0 Å². The van der Waals surface area contributed by atoms with Crippen LogP contribution >= 0.6 is 15.9 Å². The Morgan fingerprint density at radius 2 is 2.20 bits per heavy atom. The van der Waals surface area contributed by atoms with Crippen molar-refractivity contribution in [2.24, 2.45) is 0 Å². The number of hydrogen-bond donors (Lipinski definition) is 2. The lowest BCUT2D eigenvalue weighted by Gasteiger charge is -2.30. The molecule has 1 aliphatic rings. The number of halogens is 1. The van der Waals surface area contributed by atoms with Gasteiger partial charge in [0.1, 0.15) is 5.75 Å². The molecule has 1 aromatic carbocycles. The third-order valence-electron chi connectivity index (χ3n) is 3.50. The van der Waals surface area contributed by atoms with Gasteiger partial charge >= 0.3 is 0 Å². The zero-order valence-electron chi connectivity index (χ0n) is 11.5. The number of piperidine rings is 1. The standard InChI is InChI=1S/C13H19BrN2O3S/c1-9-12(4-3-7-15-9)16-20(17,18)13-8-10(19-2)5-6-11(13)14/h5-6,8-9,12,15-16H,3-4,7H2,1-2H3. The van der Waals surface area contributed by atoms with Crippen molar-refractivity contribution in [3.63, 3.8) is 0 Å². The minimum atomic E-state index is -3.57. The Bertz CT molecular complexity index is 577. The molecule has 2 atom stereocenters. The monoisotopic (exact) mass is 362 g/mol. The van der Waals surface area contributed by atoms with Crippen molar-refractivity contribution in [3.05, 3.63) is 22.7 Å². The summed E-state index contributed by atoms with van der Waals surface area (Å²) in [6, 6.07) is 4.95. The Morgan fingerprint density at radius 1 is 1.45 bits per heavy atom. The number of methoxy groups -OCH3 is 1. The third kappa shape index (κ3) is 3.52. The van der Waals surface area contributed by atoms with Gasteiger partial charge in [-0.05, 0) is 54.4 Å². The molecule has 0 aliphatic carbocycles. The molecule has 0 aromatic heterocycles. The fourth-order valence-corrected chi connectivity index (χ4v) is 4.61. The van der Waals surface area contributed by atoms with Gasteiger partial charge in [0.15, 0.2) is 0 Å². The van der Waals surface area contributed by atoms with Gasteiger partial charge in [0.05, 0.1) is 12.0 Å². The van der Waals surface area contributed by atoms with Crippen LogP contribution in [0.15, 0.2) is 27.6 Å². The fourth-order valence-electron chi connectivity index (χ4n) is 2.28. The molecule has 2 N–H and O–H groups in total. The van der Waals surface area contributed by atoms with Crippen LogP contribution in [0.3, 0.4) is 0 Å². The topological polar surface area (TPSA) is 67.4 Å². The Hall–Kier alpha value is -0.630. The van der Waals surface area contributed by atoms with Crippen LogP contribution in [0, 0.1) is 0 Å². The first-order valence-corrected chi connectivity index (χ1v) is 8.81. The average molecular weight is 363 g/mol. The van der Waals surface area contributed by atoms with E-state index in [0.717, 1.165) is 19.4 Å². The molecule has 0 amide bonds. The van der Waals surface area contributed by atoms with E-state index in [1.54, 1.807) is 12.1 Å². The highest BCUT2D eigenvalue weighted by Gasteiger charge is 2.27. The molecule has 0 radical (unpaired) electrons. The van der Waals surface area contributed by atoms with Crippen molar-refractivity contribution in [2.45, 2.75) is 36.7 Å². The Morgan fingerprint density at radius 3 is 2.85 bits per heavy atom. The predicted octanol–water partition coefficient (Wildman–Crippen LogP) is 1.88. The minimum absolute atomic E-state index is 0.0909. The first-order chi connectivity index (χ1) is 9.44. The number of ether oxygens (including phenoxy) is 1. The summed E-state index contributed by atoms with van der Waals surface area (Å²) in [7, 11) is -2.06. The molecule has 2 unspecified atom stereocenters. The van der Waals surface area contributed by atoms with Gasteiger partial charge in [0, 0.05) is 22.6 Å². The predicted molar refractivity (Wildman–Crippen MR) is 81.5 cm³/mol. The summed E-state index contributed by atoms with van der Waals surface area (Å²) in [4.78, 5) is 0.203. The molecule has 1 heterocycles. The van der Waals surface area contributed by atoms with Crippen LogP contribution in [-0.2, 0) is 10.0 Å². The van der Waals surface area contributed by atoms with Crippen LogP contribution in [0.2, 0.25) is 0 Å². The van der Waals surface area contributed by atoms with Gasteiger partial charge in [0.25, 0.3) is 0 Å².